The maximum atomic E-state index is 9.73. The molecule has 2 N–H and O–H groups in total. The van der Waals surface area contributed by atoms with Crippen LogP contribution in [0.4, 0.5) is 11.5 Å². The predicted octanol–water partition coefficient (Wildman–Crippen LogP) is 5.18. The monoisotopic (exact) mass is 414 g/mol. The van der Waals surface area contributed by atoms with Gasteiger partial charge in [-0.15, -0.1) is 0 Å². The van der Waals surface area contributed by atoms with Crippen molar-refractivity contribution in [3.05, 3.63) is 59.5 Å². The molecule has 8 heteroatoms. The molecule has 0 saturated carbocycles. The van der Waals surface area contributed by atoms with E-state index in [0.717, 1.165) is 28.2 Å². The highest BCUT2D eigenvalue weighted by Crippen LogP contribution is 2.44. The highest BCUT2D eigenvalue weighted by molar-refractivity contribution is 6.33. The Hall–Kier alpha value is -3.89. The van der Waals surface area contributed by atoms with Crippen LogP contribution in [0, 0.1) is 11.3 Å². The van der Waals surface area contributed by atoms with Gasteiger partial charge in [0.1, 0.15) is 29.2 Å². The van der Waals surface area contributed by atoms with Gasteiger partial charge in [-0.25, -0.2) is 9.97 Å². The van der Waals surface area contributed by atoms with Crippen LogP contribution in [0.25, 0.3) is 33.9 Å². The first-order valence-electron chi connectivity index (χ1n) is 9.33. The van der Waals surface area contributed by atoms with E-state index in [2.05, 4.69) is 26.3 Å². The van der Waals surface area contributed by atoms with Crippen molar-refractivity contribution >= 4 is 23.1 Å². The largest absolute Gasteiger partial charge is 0.494 e. The van der Waals surface area contributed by atoms with Crippen molar-refractivity contribution < 1.29 is 4.74 Å². The van der Waals surface area contributed by atoms with Crippen molar-refractivity contribution in [2.45, 2.75) is 6.92 Å². The fraction of sp³-hybridized carbons (Fsp3) is 0.0909. The number of halogens is 1. The number of aromatic amines is 1. The van der Waals surface area contributed by atoms with Gasteiger partial charge in [0, 0.05) is 23.5 Å². The van der Waals surface area contributed by atoms with Gasteiger partial charge in [-0.3, -0.25) is 4.98 Å². The second-order valence-corrected chi connectivity index (χ2v) is 7.03. The van der Waals surface area contributed by atoms with Gasteiger partial charge in [-0.1, -0.05) is 11.6 Å². The zero-order chi connectivity index (χ0) is 20.7. The lowest BCUT2D eigenvalue weighted by Gasteiger charge is -2.10. The van der Waals surface area contributed by atoms with Crippen molar-refractivity contribution in [3.63, 3.8) is 0 Å². The Kier molecular flexibility index (Phi) is 4.34. The lowest BCUT2D eigenvalue weighted by Crippen LogP contribution is -1.97. The third kappa shape index (κ3) is 2.86. The molecule has 5 rings (SSSR count). The van der Waals surface area contributed by atoms with E-state index in [9.17, 15) is 5.26 Å². The number of hydrogen-bond acceptors (Lipinski definition) is 6. The molecule has 7 nitrogen and oxygen atoms in total. The van der Waals surface area contributed by atoms with Gasteiger partial charge in [0.2, 0.25) is 0 Å². The van der Waals surface area contributed by atoms with Crippen molar-refractivity contribution in [3.8, 4) is 45.7 Å². The van der Waals surface area contributed by atoms with Gasteiger partial charge in [-0.2, -0.15) is 5.26 Å². The van der Waals surface area contributed by atoms with Crippen LogP contribution in [0.15, 0.2) is 48.9 Å². The molecule has 0 amide bonds. The Morgan fingerprint density at radius 1 is 1.20 bits per heavy atom. The summed E-state index contributed by atoms with van der Waals surface area (Å²) in [7, 11) is 0. The third-order valence-corrected chi connectivity index (χ3v) is 5.14. The number of nitrogens with one attached hydrogen (secondary N) is 2. The second kappa shape index (κ2) is 7.17. The van der Waals surface area contributed by atoms with Gasteiger partial charge in [0.15, 0.2) is 0 Å². The third-order valence-electron chi connectivity index (χ3n) is 4.84. The summed E-state index contributed by atoms with van der Waals surface area (Å²) >= 11 is 6.55. The molecule has 4 heterocycles. The predicted molar refractivity (Wildman–Crippen MR) is 115 cm³/mol. The van der Waals surface area contributed by atoms with Crippen LogP contribution >= 0.6 is 11.6 Å². The lowest BCUT2D eigenvalue weighted by molar-refractivity contribution is 0.340. The first-order chi connectivity index (χ1) is 14.7. The first-order valence-corrected chi connectivity index (χ1v) is 9.71. The number of nitriles is 1. The molecule has 0 spiro atoms. The van der Waals surface area contributed by atoms with Crippen LogP contribution in [0.1, 0.15) is 12.5 Å². The topological polar surface area (TPSA) is 99.5 Å². The highest BCUT2D eigenvalue weighted by Gasteiger charge is 2.25. The normalized spacial score (nSPS) is 11.4. The van der Waals surface area contributed by atoms with Gasteiger partial charge in [0.05, 0.1) is 40.3 Å². The fourth-order valence-corrected chi connectivity index (χ4v) is 3.88. The average Bonchev–Trinajstić information content (AvgIpc) is 3.13. The van der Waals surface area contributed by atoms with Gasteiger partial charge < -0.3 is 15.0 Å². The van der Waals surface area contributed by atoms with E-state index in [1.807, 2.05) is 25.1 Å². The molecule has 0 fully saturated rings. The number of imidazole rings is 1. The van der Waals surface area contributed by atoms with Crippen LogP contribution in [0.2, 0.25) is 5.02 Å². The summed E-state index contributed by atoms with van der Waals surface area (Å²) in [6, 6.07) is 11.3. The fourth-order valence-electron chi connectivity index (χ4n) is 3.58. The Balaban J connectivity index is 1.77. The number of hydrogen-bond donors (Lipinski definition) is 2. The van der Waals surface area contributed by atoms with Crippen molar-refractivity contribution in [1.82, 2.24) is 19.9 Å². The number of pyridine rings is 2. The smallest absolute Gasteiger partial charge is 0.141 e. The van der Waals surface area contributed by atoms with Crippen LogP contribution in [0.3, 0.4) is 0 Å². The Labute approximate surface area is 177 Å². The van der Waals surface area contributed by atoms with Crippen LogP contribution in [0.5, 0.6) is 5.75 Å². The molecule has 1 aromatic carbocycles. The maximum Gasteiger partial charge on any atom is 0.141 e. The van der Waals surface area contributed by atoms with Crippen LogP contribution < -0.4 is 10.1 Å². The number of rotatable bonds is 3. The number of H-pyrrole nitrogens is 1. The summed E-state index contributed by atoms with van der Waals surface area (Å²) in [5.74, 6) is 1.73. The SMILES string of the molecule is CCOc1cc(Cl)c(-c2nc3c([nH]2)-c2ccncc2Nc2ncccc2-3)c(C#N)c1. The van der Waals surface area contributed by atoms with Crippen LogP contribution in [-0.4, -0.2) is 26.5 Å². The summed E-state index contributed by atoms with van der Waals surface area (Å²) in [5, 5.41) is 13.4. The second-order valence-electron chi connectivity index (χ2n) is 6.63. The quantitative estimate of drug-likeness (QED) is 0.422. The Bertz CT molecular complexity index is 1260. The van der Waals surface area contributed by atoms with Crippen molar-refractivity contribution in [1.29, 1.82) is 5.26 Å². The minimum Gasteiger partial charge on any atom is -0.494 e. The molecule has 1 aliphatic heterocycles. The van der Waals surface area contributed by atoms with Gasteiger partial charge in [-0.05, 0) is 37.3 Å². The lowest BCUT2D eigenvalue weighted by atomic mass is 10.1. The average molecular weight is 415 g/mol. The zero-order valence-corrected chi connectivity index (χ0v) is 16.7. The molecule has 0 aliphatic carbocycles. The molecule has 1 aliphatic rings. The number of benzene rings is 1. The van der Waals surface area contributed by atoms with E-state index in [1.165, 1.54) is 0 Å². The summed E-state index contributed by atoms with van der Waals surface area (Å²) in [6.45, 7) is 2.36. The summed E-state index contributed by atoms with van der Waals surface area (Å²) in [5.41, 5.74) is 4.99. The van der Waals surface area contributed by atoms with Crippen LogP contribution in [-0.2, 0) is 0 Å². The van der Waals surface area contributed by atoms with Crippen molar-refractivity contribution in [2.24, 2.45) is 0 Å². The summed E-state index contributed by atoms with van der Waals surface area (Å²) in [4.78, 5) is 16.9. The highest BCUT2D eigenvalue weighted by atomic mass is 35.5. The molecule has 0 radical (unpaired) electrons. The van der Waals surface area contributed by atoms with E-state index in [4.69, 9.17) is 21.3 Å². The van der Waals surface area contributed by atoms with E-state index in [0.29, 0.717) is 40.1 Å². The van der Waals surface area contributed by atoms with Gasteiger partial charge in [0.25, 0.3) is 0 Å². The zero-order valence-electron chi connectivity index (χ0n) is 15.9. The maximum absolute atomic E-state index is 9.73. The standard InChI is InChI=1S/C22H15ClN6O/c1-2-30-13-8-12(10-24)18(16(23)9-13)22-28-19-14-5-7-25-11-17(14)27-21-15(20(19)29-22)4-3-6-26-21/h3-9,11H,2H2,1H3,(H,26,27)(H,28,29). The molecule has 0 saturated heterocycles. The molecule has 0 unspecified atom stereocenters. The van der Waals surface area contributed by atoms with E-state index in [-0.39, 0.29) is 0 Å². The molecule has 30 heavy (non-hydrogen) atoms. The number of anilines is 2. The molecule has 4 aromatic rings. The number of fused-ring (bicyclic) bond motifs is 5. The molecule has 0 bridgehead atoms. The van der Waals surface area contributed by atoms with Gasteiger partial charge >= 0.3 is 0 Å². The van der Waals surface area contributed by atoms with Crippen molar-refractivity contribution in [2.75, 3.05) is 11.9 Å². The molecule has 0 atom stereocenters. The minimum atomic E-state index is 0.384. The van der Waals surface area contributed by atoms with E-state index < -0.39 is 0 Å². The number of nitrogens with zero attached hydrogens (tertiary/aromatic N) is 4. The minimum absolute atomic E-state index is 0.384. The summed E-state index contributed by atoms with van der Waals surface area (Å²) < 4.78 is 5.52. The van der Waals surface area contributed by atoms with E-state index >= 15 is 0 Å². The first kappa shape index (κ1) is 18.2. The Morgan fingerprint density at radius 2 is 2.10 bits per heavy atom. The molecule has 3 aromatic heterocycles. The molecular formula is C22H15ClN6O. The molecule has 146 valence electrons. The Morgan fingerprint density at radius 3 is 2.93 bits per heavy atom. The number of aromatic nitrogens is 4. The molecular weight excluding hydrogens is 400 g/mol. The summed E-state index contributed by atoms with van der Waals surface area (Å²) in [6.07, 6.45) is 5.18. The van der Waals surface area contributed by atoms with E-state index in [1.54, 1.807) is 30.7 Å². The number of ether oxygens (including phenoxy) is 1.